The van der Waals surface area contributed by atoms with Gasteiger partial charge in [0.05, 0.1) is 23.9 Å². The van der Waals surface area contributed by atoms with Crippen molar-refractivity contribution < 1.29 is 14.6 Å². The molecule has 0 spiro atoms. The minimum atomic E-state index is -0.886. The lowest BCUT2D eigenvalue weighted by Gasteiger charge is -2.36. The van der Waals surface area contributed by atoms with Crippen molar-refractivity contribution >= 4 is 28.5 Å². The Labute approximate surface area is 177 Å². The molecule has 0 saturated carbocycles. The molecule has 1 aliphatic carbocycles. The Balaban J connectivity index is 1.96. The van der Waals surface area contributed by atoms with E-state index in [1.54, 1.807) is 7.11 Å². The van der Waals surface area contributed by atoms with E-state index >= 15 is 0 Å². The second-order valence-electron chi connectivity index (χ2n) is 9.05. The van der Waals surface area contributed by atoms with Crippen LogP contribution in [0.15, 0.2) is 48.5 Å². The topological polar surface area (TPSA) is 59.4 Å². The highest BCUT2D eigenvalue weighted by molar-refractivity contribution is 6.06. The van der Waals surface area contributed by atoms with Gasteiger partial charge in [0.2, 0.25) is 0 Å². The first-order valence-corrected chi connectivity index (χ1v) is 10.3. The molecular formula is C26H27NO3. The summed E-state index contributed by atoms with van der Waals surface area (Å²) in [7, 11) is 1.65. The number of nitrogens with zero attached hydrogens (tertiary/aromatic N) is 1. The number of hydrogen-bond donors (Lipinski definition) is 1. The number of aromatic carboxylic acids is 1. The van der Waals surface area contributed by atoms with E-state index in [4.69, 9.17) is 9.72 Å². The van der Waals surface area contributed by atoms with E-state index in [0.717, 1.165) is 46.5 Å². The number of carboxylic acid groups (broad SMARTS) is 1. The second-order valence-corrected chi connectivity index (χ2v) is 9.05. The molecule has 154 valence electrons. The molecule has 1 unspecified atom stereocenters. The van der Waals surface area contributed by atoms with Crippen molar-refractivity contribution in [2.75, 3.05) is 7.11 Å². The van der Waals surface area contributed by atoms with E-state index < -0.39 is 5.97 Å². The fourth-order valence-corrected chi connectivity index (χ4v) is 4.28. The Kier molecular flexibility index (Phi) is 5.10. The zero-order valence-corrected chi connectivity index (χ0v) is 17.9. The summed E-state index contributed by atoms with van der Waals surface area (Å²) in [6.07, 6.45) is 3.73. The maximum atomic E-state index is 12.3. The first-order valence-electron chi connectivity index (χ1n) is 10.3. The predicted octanol–water partition coefficient (Wildman–Crippen LogP) is 6.09. The summed E-state index contributed by atoms with van der Waals surface area (Å²) in [6.45, 7) is 6.67. The minimum Gasteiger partial charge on any atom is -0.497 e. The van der Waals surface area contributed by atoms with Crippen LogP contribution in [0.25, 0.3) is 22.6 Å². The van der Waals surface area contributed by atoms with Gasteiger partial charge in [-0.15, -0.1) is 0 Å². The van der Waals surface area contributed by atoms with Crippen LogP contribution in [0, 0.1) is 11.3 Å². The van der Waals surface area contributed by atoms with E-state index in [9.17, 15) is 9.90 Å². The average molecular weight is 402 g/mol. The summed E-state index contributed by atoms with van der Waals surface area (Å²) in [5.41, 5.74) is 4.99. The number of aromatic nitrogens is 1. The van der Waals surface area contributed by atoms with Crippen LogP contribution in [0.2, 0.25) is 0 Å². The SMILES string of the molecule is COc1ccc(/C=C2/CC(C(C)(C)C)Cc3c2nc2ccccc2c3C(=O)O)cc1. The maximum Gasteiger partial charge on any atom is 0.336 e. The lowest BCUT2D eigenvalue weighted by Crippen LogP contribution is -2.28. The third-order valence-corrected chi connectivity index (χ3v) is 6.11. The molecule has 1 aliphatic rings. The molecule has 0 radical (unpaired) electrons. The number of benzene rings is 2. The van der Waals surface area contributed by atoms with E-state index in [0.29, 0.717) is 16.9 Å². The highest BCUT2D eigenvalue weighted by Crippen LogP contribution is 2.44. The van der Waals surface area contributed by atoms with E-state index in [2.05, 4.69) is 26.8 Å². The summed E-state index contributed by atoms with van der Waals surface area (Å²) in [6, 6.07) is 15.4. The Bertz CT molecular complexity index is 1140. The van der Waals surface area contributed by atoms with Crippen LogP contribution < -0.4 is 4.74 Å². The van der Waals surface area contributed by atoms with Crippen molar-refractivity contribution in [3.8, 4) is 5.75 Å². The Morgan fingerprint density at radius 1 is 1.10 bits per heavy atom. The monoisotopic (exact) mass is 401 g/mol. The number of rotatable bonds is 3. The number of para-hydroxylation sites is 1. The van der Waals surface area contributed by atoms with Crippen LogP contribution in [0.1, 0.15) is 54.4 Å². The van der Waals surface area contributed by atoms with Crippen LogP contribution in [0.5, 0.6) is 5.75 Å². The van der Waals surface area contributed by atoms with Gasteiger partial charge >= 0.3 is 5.97 Å². The van der Waals surface area contributed by atoms with E-state index in [1.165, 1.54) is 0 Å². The fraction of sp³-hybridized carbons (Fsp3) is 0.308. The number of carboxylic acids is 1. The molecular weight excluding hydrogens is 374 g/mol. The van der Waals surface area contributed by atoms with Crippen molar-refractivity contribution in [3.63, 3.8) is 0 Å². The number of ether oxygens (including phenoxy) is 1. The number of methoxy groups -OCH3 is 1. The lowest BCUT2D eigenvalue weighted by molar-refractivity contribution is 0.0696. The van der Waals surface area contributed by atoms with Crippen molar-refractivity contribution in [2.24, 2.45) is 11.3 Å². The summed E-state index contributed by atoms with van der Waals surface area (Å²) >= 11 is 0. The van der Waals surface area contributed by atoms with Crippen LogP contribution in [-0.4, -0.2) is 23.2 Å². The van der Waals surface area contributed by atoms with Gasteiger partial charge in [0, 0.05) is 5.39 Å². The molecule has 0 bridgehead atoms. The van der Waals surface area contributed by atoms with Crippen molar-refractivity contribution in [3.05, 3.63) is 70.9 Å². The molecule has 2 aromatic carbocycles. The van der Waals surface area contributed by atoms with Crippen molar-refractivity contribution in [2.45, 2.75) is 33.6 Å². The largest absolute Gasteiger partial charge is 0.497 e. The predicted molar refractivity (Wildman–Crippen MR) is 121 cm³/mol. The molecule has 0 amide bonds. The third-order valence-electron chi connectivity index (χ3n) is 6.11. The van der Waals surface area contributed by atoms with Gasteiger partial charge in [-0.2, -0.15) is 0 Å². The van der Waals surface area contributed by atoms with Gasteiger partial charge in [-0.3, -0.25) is 0 Å². The van der Waals surface area contributed by atoms with Crippen molar-refractivity contribution in [1.82, 2.24) is 4.98 Å². The Hall–Kier alpha value is -3.14. The molecule has 1 heterocycles. The van der Waals surface area contributed by atoms with Crippen LogP contribution in [0.4, 0.5) is 0 Å². The number of pyridine rings is 1. The average Bonchev–Trinajstić information content (AvgIpc) is 2.71. The van der Waals surface area contributed by atoms with Gasteiger partial charge in [0.25, 0.3) is 0 Å². The number of allylic oxidation sites excluding steroid dienone is 1. The van der Waals surface area contributed by atoms with E-state index in [1.807, 2.05) is 48.5 Å². The van der Waals surface area contributed by atoms with Gasteiger partial charge in [0.1, 0.15) is 5.75 Å². The molecule has 0 fully saturated rings. The summed E-state index contributed by atoms with van der Waals surface area (Å²) < 4.78 is 5.27. The Morgan fingerprint density at radius 3 is 2.43 bits per heavy atom. The number of carbonyl (C=O) groups is 1. The summed E-state index contributed by atoms with van der Waals surface area (Å²) in [5.74, 6) is 0.254. The fourth-order valence-electron chi connectivity index (χ4n) is 4.28. The van der Waals surface area contributed by atoms with Gasteiger partial charge in [-0.25, -0.2) is 9.78 Å². The lowest BCUT2D eigenvalue weighted by atomic mass is 9.69. The summed E-state index contributed by atoms with van der Waals surface area (Å²) in [4.78, 5) is 17.2. The zero-order valence-electron chi connectivity index (χ0n) is 17.9. The molecule has 1 N–H and O–H groups in total. The highest BCUT2D eigenvalue weighted by atomic mass is 16.5. The number of fused-ring (bicyclic) bond motifs is 2. The molecule has 0 aliphatic heterocycles. The first kappa shape index (κ1) is 20.1. The summed E-state index contributed by atoms with van der Waals surface area (Å²) in [5, 5.41) is 10.8. The maximum absolute atomic E-state index is 12.3. The van der Waals surface area contributed by atoms with Gasteiger partial charge in [-0.1, -0.05) is 51.1 Å². The zero-order chi connectivity index (χ0) is 21.5. The van der Waals surface area contributed by atoms with Crippen LogP contribution in [0.3, 0.4) is 0 Å². The standard InChI is InChI=1S/C26H27NO3/c1-26(2,3)18-14-17(13-16-9-11-19(30-4)12-10-16)24-21(15-18)23(25(28)29)20-7-5-6-8-22(20)27-24/h5-13,18H,14-15H2,1-4H3,(H,28,29)/b17-13-. The van der Waals surface area contributed by atoms with Crippen LogP contribution >= 0.6 is 0 Å². The first-order chi connectivity index (χ1) is 14.3. The second kappa shape index (κ2) is 7.60. The Morgan fingerprint density at radius 2 is 1.80 bits per heavy atom. The van der Waals surface area contributed by atoms with Crippen molar-refractivity contribution in [1.29, 1.82) is 0 Å². The smallest absolute Gasteiger partial charge is 0.336 e. The minimum absolute atomic E-state index is 0.0537. The quantitative estimate of drug-likeness (QED) is 0.577. The molecule has 0 saturated heterocycles. The normalized spacial score (nSPS) is 17.7. The van der Waals surface area contributed by atoms with E-state index in [-0.39, 0.29) is 5.41 Å². The van der Waals surface area contributed by atoms with Gasteiger partial charge < -0.3 is 9.84 Å². The molecule has 4 nitrogen and oxygen atoms in total. The molecule has 4 heteroatoms. The number of hydrogen-bond acceptors (Lipinski definition) is 3. The third kappa shape index (κ3) is 3.70. The molecule has 1 aromatic heterocycles. The molecule has 30 heavy (non-hydrogen) atoms. The van der Waals surface area contributed by atoms with Gasteiger partial charge in [-0.05, 0) is 65.1 Å². The van der Waals surface area contributed by atoms with Gasteiger partial charge in [0.15, 0.2) is 0 Å². The molecule has 4 rings (SSSR count). The highest BCUT2D eigenvalue weighted by Gasteiger charge is 2.35. The van der Waals surface area contributed by atoms with Crippen LogP contribution in [-0.2, 0) is 6.42 Å². The molecule has 1 atom stereocenters. The molecule has 3 aromatic rings.